The van der Waals surface area contributed by atoms with E-state index in [0.717, 1.165) is 11.1 Å². The number of carbonyl (C=O) groups excluding carboxylic acids is 1. The first kappa shape index (κ1) is 20.5. The second-order valence-electron chi connectivity index (χ2n) is 4.46. The highest BCUT2D eigenvalue weighted by Crippen LogP contribution is 2.19. The van der Waals surface area contributed by atoms with E-state index in [1.165, 1.54) is 12.2 Å². The second-order valence-corrected chi connectivity index (χ2v) is 4.89. The quantitative estimate of drug-likeness (QED) is 0.224. The van der Waals surface area contributed by atoms with Crippen molar-refractivity contribution in [3.63, 3.8) is 0 Å². The lowest BCUT2D eigenvalue weighted by Crippen LogP contribution is -2.09. The van der Waals surface area contributed by atoms with Gasteiger partial charge in [-0.05, 0) is 36.3 Å². The Morgan fingerprint density at radius 3 is 2.39 bits per heavy atom. The number of allylic oxidation sites excluding steroid dienone is 3. The van der Waals surface area contributed by atoms with Gasteiger partial charge in [0.1, 0.15) is 12.4 Å². The Morgan fingerprint density at radius 2 is 1.91 bits per heavy atom. The first-order valence-electron chi connectivity index (χ1n) is 6.87. The monoisotopic (exact) mass is 328 g/mol. The van der Waals surface area contributed by atoms with Gasteiger partial charge in [-0.3, -0.25) is 4.79 Å². The molecule has 0 aliphatic heterocycles. The summed E-state index contributed by atoms with van der Waals surface area (Å²) in [6.07, 6.45) is 12.9. The molecule has 0 radical (unpaired) electrons. The van der Waals surface area contributed by atoms with E-state index in [2.05, 4.69) is 32.6 Å². The maximum atomic E-state index is 12.4. The number of hydrogen-bond donors (Lipinski definition) is 0. The Morgan fingerprint density at radius 1 is 1.26 bits per heavy atom. The van der Waals surface area contributed by atoms with Gasteiger partial charge in [-0.15, -0.1) is 12.8 Å². The zero-order valence-corrected chi connectivity index (χ0v) is 14.1. The number of Topliss-reactive ketones (excluding diaryl/α,β-unsaturated/α-hetero) is 1. The summed E-state index contributed by atoms with van der Waals surface area (Å²) in [6, 6.07) is 5.47. The largest absolute Gasteiger partial charge is 0.489 e. The van der Waals surface area contributed by atoms with Crippen LogP contribution in [0, 0.1) is 19.8 Å². The van der Waals surface area contributed by atoms with Crippen molar-refractivity contribution in [3.8, 4) is 12.8 Å². The molecule has 0 aliphatic carbocycles. The van der Waals surface area contributed by atoms with Gasteiger partial charge in [0.25, 0.3) is 0 Å². The van der Waals surface area contributed by atoms with Crippen molar-refractivity contribution in [2.75, 3.05) is 6.61 Å². The summed E-state index contributed by atoms with van der Waals surface area (Å²) in [6.45, 7) is 13.2. The first-order chi connectivity index (χ1) is 11.0. The zero-order chi connectivity index (χ0) is 17.8. The van der Waals surface area contributed by atoms with Crippen molar-refractivity contribution in [2.45, 2.75) is 13.3 Å². The Balaban J connectivity index is 0.00000232. The summed E-state index contributed by atoms with van der Waals surface area (Å²) in [5.74, 6) is 0.343. The fourth-order valence-corrected chi connectivity index (χ4v) is 2.10. The molecule has 1 rings (SSSR count). The van der Waals surface area contributed by atoms with Crippen LogP contribution in [0.4, 0.5) is 0 Å². The normalized spacial score (nSPS) is 10.4. The Labute approximate surface area is 143 Å². The standard InChI is InChI=1S/C18H19ClO2.C2H2/c1-5-10-21-18(7-3)16(6-2)17(20)12-14-8-9-15(19)11-13(14)4;1-2/h5-9,11H,1-3,10,12H2,4H3;1-2H/b18-16-;. The van der Waals surface area contributed by atoms with Gasteiger partial charge in [-0.1, -0.05) is 49.6 Å². The third kappa shape index (κ3) is 6.42. The fourth-order valence-electron chi connectivity index (χ4n) is 1.87. The van der Waals surface area contributed by atoms with E-state index in [-0.39, 0.29) is 12.2 Å². The molecule has 0 spiro atoms. The van der Waals surface area contributed by atoms with Gasteiger partial charge in [-0.25, -0.2) is 0 Å². The van der Waals surface area contributed by atoms with Crippen LogP contribution in [0.2, 0.25) is 5.02 Å². The third-order valence-electron chi connectivity index (χ3n) is 2.97. The fraction of sp³-hybridized carbons (Fsp3) is 0.150. The van der Waals surface area contributed by atoms with Gasteiger partial charge in [0.05, 0.1) is 5.57 Å². The highest BCUT2D eigenvalue weighted by Gasteiger charge is 2.14. The van der Waals surface area contributed by atoms with Gasteiger partial charge in [0.2, 0.25) is 0 Å². The molecule has 2 nitrogen and oxygen atoms in total. The van der Waals surface area contributed by atoms with Crippen LogP contribution < -0.4 is 0 Å². The number of aryl methyl sites for hydroxylation is 1. The molecule has 0 aliphatic rings. The Kier molecular flexibility index (Phi) is 9.91. The molecular formula is C20H21ClO2. The number of halogens is 1. The highest BCUT2D eigenvalue weighted by molar-refractivity contribution is 6.30. The minimum atomic E-state index is -0.0746. The van der Waals surface area contributed by atoms with E-state index < -0.39 is 0 Å². The summed E-state index contributed by atoms with van der Waals surface area (Å²) >= 11 is 5.92. The van der Waals surface area contributed by atoms with Crippen molar-refractivity contribution < 1.29 is 9.53 Å². The molecule has 0 heterocycles. The van der Waals surface area contributed by atoms with Gasteiger partial charge in [0, 0.05) is 11.4 Å². The molecule has 0 fully saturated rings. The molecule has 3 heteroatoms. The van der Waals surface area contributed by atoms with Crippen molar-refractivity contribution >= 4 is 17.4 Å². The van der Waals surface area contributed by atoms with Crippen LogP contribution in [0.25, 0.3) is 0 Å². The number of ketones is 1. The predicted molar refractivity (Wildman–Crippen MR) is 98.4 cm³/mol. The molecule has 120 valence electrons. The molecule has 0 saturated carbocycles. The molecule has 0 amide bonds. The number of benzene rings is 1. The van der Waals surface area contributed by atoms with E-state index >= 15 is 0 Å². The molecule has 0 bridgehead atoms. The van der Waals surface area contributed by atoms with Crippen molar-refractivity contribution in [1.29, 1.82) is 0 Å². The summed E-state index contributed by atoms with van der Waals surface area (Å²) in [5, 5.41) is 0.657. The maximum absolute atomic E-state index is 12.4. The molecule has 0 aromatic heterocycles. The van der Waals surface area contributed by atoms with Gasteiger partial charge < -0.3 is 4.74 Å². The molecule has 0 N–H and O–H groups in total. The van der Waals surface area contributed by atoms with Crippen LogP contribution in [0.15, 0.2) is 67.5 Å². The van der Waals surface area contributed by atoms with E-state index in [1.54, 1.807) is 12.1 Å². The molecule has 23 heavy (non-hydrogen) atoms. The lowest BCUT2D eigenvalue weighted by atomic mass is 9.98. The lowest BCUT2D eigenvalue weighted by molar-refractivity contribution is -0.114. The Bertz CT molecular complexity index is 636. The summed E-state index contributed by atoms with van der Waals surface area (Å²) in [5.41, 5.74) is 2.32. The maximum Gasteiger partial charge on any atom is 0.170 e. The first-order valence-corrected chi connectivity index (χ1v) is 7.25. The highest BCUT2D eigenvalue weighted by atomic mass is 35.5. The number of rotatable bonds is 8. The smallest absolute Gasteiger partial charge is 0.170 e. The number of carbonyl (C=O) groups is 1. The van der Waals surface area contributed by atoms with Crippen molar-refractivity contribution in [1.82, 2.24) is 0 Å². The molecule has 0 saturated heterocycles. The van der Waals surface area contributed by atoms with E-state index in [1.807, 2.05) is 19.1 Å². The van der Waals surface area contributed by atoms with E-state index in [9.17, 15) is 4.79 Å². The van der Waals surface area contributed by atoms with Crippen LogP contribution in [-0.2, 0) is 16.0 Å². The van der Waals surface area contributed by atoms with Crippen LogP contribution in [-0.4, -0.2) is 12.4 Å². The summed E-state index contributed by atoms with van der Waals surface area (Å²) in [4.78, 5) is 12.4. The zero-order valence-electron chi connectivity index (χ0n) is 13.3. The van der Waals surface area contributed by atoms with E-state index in [4.69, 9.17) is 16.3 Å². The minimum Gasteiger partial charge on any atom is -0.489 e. The van der Waals surface area contributed by atoms with Crippen LogP contribution in [0.5, 0.6) is 0 Å². The van der Waals surface area contributed by atoms with Gasteiger partial charge >= 0.3 is 0 Å². The predicted octanol–water partition coefficient (Wildman–Crippen LogP) is 4.84. The molecule has 0 atom stereocenters. The summed E-state index contributed by atoms with van der Waals surface area (Å²) in [7, 11) is 0. The number of terminal acetylenes is 1. The van der Waals surface area contributed by atoms with E-state index in [0.29, 0.717) is 23.0 Å². The topological polar surface area (TPSA) is 26.3 Å². The summed E-state index contributed by atoms with van der Waals surface area (Å²) < 4.78 is 5.43. The van der Waals surface area contributed by atoms with Crippen LogP contribution >= 0.6 is 11.6 Å². The number of hydrogen-bond acceptors (Lipinski definition) is 2. The average molecular weight is 329 g/mol. The minimum absolute atomic E-state index is 0.0746. The van der Waals surface area contributed by atoms with Crippen molar-refractivity contribution in [2.24, 2.45) is 0 Å². The Hall–Kier alpha value is -2.50. The average Bonchev–Trinajstić information content (AvgIpc) is 2.55. The van der Waals surface area contributed by atoms with Crippen molar-refractivity contribution in [3.05, 3.63) is 83.6 Å². The second kappa shape index (κ2) is 11.1. The van der Waals surface area contributed by atoms with Crippen LogP contribution in [0.3, 0.4) is 0 Å². The number of ether oxygens (including phenoxy) is 1. The lowest BCUT2D eigenvalue weighted by Gasteiger charge is -2.10. The third-order valence-corrected chi connectivity index (χ3v) is 3.20. The molecular weight excluding hydrogens is 308 g/mol. The van der Waals surface area contributed by atoms with Gasteiger partial charge in [0.15, 0.2) is 5.78 Å². The van der Waals surface area contributed by atoms with Crippen LogP contribution in [0.1, 0.15) is 11.1 Å². The molecule has 1 aromatic carbocycles. The SMILES string of the molecule is C#C.C=CCO/C(C=C)=C(/C=C)C(=O)Cc1ccc(Cl)cc1C. The molecule has 1 aromatic rings. The van der Waals surface area contributed by atoms with Gasteiger partial charge in [-0.2, -0.15) is 0 Å². The molecule has 0 unspecified atom stereocenters.